The summed E-state index contributed by atoms with van der Waals surface area (Å²) in [7, 11) is 0. The Morgan fingerprint density at radius 2 is 2.26 bits per heavy atom. The summed E-state index contributed by atoms with van der Waals surface area (Å²) in [5.41, 5.74) is 3.12. The van der Waals surface area contributed by atoms with Gasteiger partial charge in [0.1, 0.15) is 5.82 Å². The molecule has 0 aromatic carbocycles. The van der Waals surface area contributed by atoms with Crippen LogP contribution in [0.4, 0.5) is 5.82 Å². The molecule has 2 fully saturated rings. The molecule has 0 amide bonds. The van der Waals surface area contributed by atoms with Crippen LogP contribution in [0.2, 0.25) is 0 Å². The molecule has 1 saturated carbocycles. The van der Waals surface area contributed by atoms with Crippen LogP contribution in [-0.2, 0) is 11.3 Å². The highest BCUT2D eigenvalue weighted by molar-refractivity contribution is 5.53. The van der Waals surface area contributed by atoms with Gasteiger partial charge in [-0.05, 0) is 44.7 Å². The Labute approximate surface area is 114 Å². The van der Waals surface area contributed by atoms with Crippen LogP contribution in [0.1, 0.15) is 36.1 Å². The Bertz CT molecular complexity index is 475. The zero-order valence-corrected chi connectivity index (χ0v) is 11.7. The van der Waals surface area contributed by atoms with Gasteiger partial charge in [-0.25, -0.2) is 4.98 Å². The number of aliphatic hydroxyl groups excluding tert-OH is 1. The molecule has 4 nitrogen and oxygen atoms in total. The van der Waals surface area contributed by atoms with Crippen molar-refractivity contribution in [1.82, 2.24) is 4.98 Å². The molecule has 0 radical (unpaired) electrons. The van der Waals surface area contributed by atoms with E-state index >= 15 is 0 Å². The zero-order chi connectivity index (χ0) is 13.4. The second kappa shape index (κ2) is 5.10. The Morgan fingerprint density at radius 3 is 3.05 bits per heavy atom. The minimum absolute atomic E-state index is 0.0587. The fourth-order valence-electron chi connectivity index (χ4n) is 3.47. The second-order valence-electron chi connectivity index (χ2n) is 5.64. The summed E-state index contributed by atoms with van der Waals surface area (Å²) >= 11 is 0. The number of ether oxygens (including phenoxy) is 1. The number of aryl methyl sites for hydroxylation is 2. The number of pyridine rings is 1. The van der Waals surface area contributed by atoms with E-state index in [1.54, 1.807) is 0 Å². The van der Waals surface area contributed by atoms with Gasteiger partial charge in [-0.3, -0.25) is 0 Å². The predicted molar refractivity (Wildman–Crippen MR) is 74.4 cm³/mol. The number of aromatic nitrogens is 1. The van der Waals surface area contributed by atoms with Gasteiger partial charge in [-0.15, -0.1) is 0 Å². The molecule has 0 spiro atoms. The molecule has 1 aromatic heterocycles. The van der Waals surface area contributed by atoms with Crippen molar-refractivity contribution in [3.05, 3.63) is 22.9 Å². The van der Waals surface area contributed by atoms with Gasteiger partial charge >= 0.3 is 0 Å². The molecule has 1 saturated heterocycles. The van der Waals surface area contributed by atoms with Crippen molar-refractivity contribution in [3.63, 3.8) is 0 Å². The number of fused-ring (bicyclic) bond motifs is 1. The van der Waals surface area contributed by atoms with Gasteiger partial charge in [0.05, 0.1) is 25.4 Å². The highest BCUT2D eigenvalue weighted by Crippen LogP contribution is 2.34. The molecule has 0 bridgehead atoms. The van der Waals surface area contributed by atoms with Crippen molar-refractivity contribution >= 4 is 5.82 Å². The number of anilines is 1. The van der Waals surface area contributed by atoms with E-state index in [1.807, 2.05) is 13.0 Å². The first kappa shape index (κ1) is 12.9. The van der Waals surface area contributed by atoms with Crippen molar-refractivity contribution in [3.8, 4) is 0 Å². The first-order valence-corrected chi connectivity index (χ1v) is 7.17. The Morgan fingerprint density at radius 1 is 1.42 bits per heavy atom. The predicted octanol–water partition coefficient (Wildman–Crippen LogP) is 1.95. The van der Waals surface area contributed by atoms with Gasteiger partial charge in [0, 0.05) is 17.8 Å². The van der Waals surface area contributed by atoms with Crippen LogP contribution < -0.4 is 4.90 Å². The summed E-state index contributed by atoms with van der Waals surface area (Å²) in [4.78, 5) is 7.07. The van der Waals surface area contributed by atoms with Crippen molar-refractivity contribution in [2.75, 3.05) is 18.1 Å². The molecule has 19 heavy (non-hydrogen) atoms. The van der Waals surface area contributed by atoms with Crippen LogP contribution in [0.25, 0.3) is 0 Å². The summed E-state index contributed by atoms with van der Waals surface area (Å²) in [6.07, 6.45) is 3.90. The summed E-state index contributed by atoms with van der Waals surface area (Å²) < 4.78 is 5.86. The van der Waals surface area contributed by atoms with Crippen molar-refractivity contribution in [2.45, 2.75) is 51.9 Å². The molecule has 104 valence electrons. The number of morpholine rings is 1. The lowest BCUT2D eigenvalue weighted by Gasteiger charge is -2.39. The van der Waals surface area contributed by atoms with Crippen LogP contribution in [0.5, 0.6) is 0 Å². The summed E-state index contributed by atoms with van der Waals surface area (Å²) in [5, 5.41) is 9.66. The van der Waals surface area contributed by atoms with Gasteiger partial charge in [-0.2, -0.15) is 0 Å². The lowest BCUT2D eigenvalue weighted by molar-refractivity contribution is 0.0251. The number of aliphatic hydroxyl groups is 1. The standard InChI is InChI=1S/C15H22N2O2/c1-10-8-11(2)16-15(12(10)9-18)17-6-7-19-14-5-3-4-13(14)17/h8,13-14,18H,3-7,9H2,1-2H3. The third-order valence-corrected chi connectivity index (χ3v) is 4.37. The average Bonchev–Trinajstić information content (AvgIpc) is 2.85. The number of nitrogens with zero attached hydrogens (tertiary/aromatic N) is 2. The molecule has 2 heterocycles. The van der Waals surface area contributed by atoms with Crippen LogP contribution in [0.15, 0.2) is 6.07 Å². The van der Waals surface area contributed by atoms with Gasteiger partial charge in [-0.1, -0.05) is 0 Å². The maximum absolute atomic E-state index is 9.66. The van der Waals surface area contributed by atoms with E-state index in [9.17, 15) is 5.11 Å². The van der Waals surface area contributed by atoms with Gasteiger partial charge in [0.15, 0.2) is 0 Å². The number of rotatable bonds is 2. The maximum Gasteiger partial charge on any atom is 0.135 e. The Hall–Kier alpha value is -1.13. The van der Waals surface area contributed by atoms with E-state index in [0.717, 1.165) is 42.2 Å². The second-order valence-corrected chi connectivity index (χ2v) is 5.64. The van der Waals surface area contributed by atoms with E-state index in [1.165, 1.54) is 12.8 Å². The minimum atomic E-state index is 0.0587. The summed E-state index contributed by atoms with van der Waals surface area (Å²) in [5.74, 6) is 0.972. The summed E-state index contributed by atoms with van der Waals surface area (Å²) in [6, 6.07) is 2.48. The molecule has 1 aromatic rings. The highest BCUT2D eigenvalue weighted by atomic mass is 16.5. The monoisotopic (exact) mass is 262 g/mol. The normalized spacial score (nSPS) is 26.6. The highest BCUT2D eigenvalue weighted by Gasteiger charge is 2.37. The van der Waals surface area contributed by atoms with E-state index in [4.69, 9.17) is 9.72 Å². The molecule has 4 heteroatoms. The number of hydrogen-bond acceptors (Lipinski definition) is 4. The average molecular weight is 262 g/mol. The molecule has 3 rings (SSSR count). The van der Waals surface area contributed by atoms with Gasteiger partial charge in [0.2, 0.25) is 0 Å². The molecular weight excluding hydrogens is 240 g/mol. The van der Waals surface area contributed by atoms with Gasteiger partial charge in [0.25, 0.3) is 0 Å². The lowest BCUT2D eigenvalue weighted by Crippen LogP contribution is -2.49. The molecule has 2 unspecified atom stereocenters. The Balaban J connectivity index is 2.00. The van der Waals surface area contributed by atoms with Crippen molar-refractivity contribution in [1.29, 1.82) is 0 Å². The van der Waals surface area contributed by atoms with Crippen LogP contribution in [0, 0.1) is 13.8 Å². The van der Waals surface area contributed by atoms with E-state index in [0.29, 0.717) is 12.1 Å². The molecule has 2 atom stereocenters. The maximum atomic E-state index is 9.66. The first-order valence-electron chi connectivity index (χ1n) is 7.17. The largest absolute Gasteiger partial charge is 0.392 e. The zero-order valence-electron chi connectivity index (χ0n) is 11.7. The quantitative estimate of drug-likeness (QED) is 0.885. The topological polar surface area (TPSA) is 45.6 Å². The smallest absolute Gasteiger partial charge is 0.135 e. The third kappa shape index (κ3) is 2.23. The van der Waals surface area contributed by atoms with Crippen LogP contribution in [-0.4, -0.2) is 35.4 Å². The van der Waals surface area contributed by atoms with E-state index < -0.39 is 0 Å². The summed E-state index contributed by atoms with van der Waals surface area (Å²) in [6.45, 7) is 5.77. The van der Waals surface area contributed by atoms with E-state index in [-0.39, 0.29) is 6.61 Å². The van der Waals surface area contributed by atoms with Gasteiger partial charge < -0.3 is 14.7 Å². The van der Waals surface area contributed by atoms with Crippen LogP contribution >= 0.6 is 0 Å². The van der Waals surface area contributed by atoms with Crippen LogP contribution in [0.3, 0.4) is 0 Å². The Kier molecular flexibility index (Phi) is 3.46. The third-order valence-electron chi connectivity index (χ3n) is 4.37. The molecule has 2 aliphatic rings. The number of hydrogen-bond donors (Lipinski definition) is 1. The fraction of sp³-hybridized carbons (Fsp3) is 0.667. The van der Waals surface area contributed by atoms with Crippen molar-refractivity contribution in [2.24, 2.45) is 0 Å². The fourth-order valence-corrected chi connectivity index (χ4v) is 3.47. The molecular formula is C15H22N2O2. The van der Waals surface area contributed by atoms with E-state index in [2.05, 4.69) is 11.8 Å². The SMILES string of the molecule is Cc1cc(C)c(CO)c(N2CCOC3CCCC32)n1. The lowest BCUT2D eigenvalue weighted by atomic mass is 10.1. The molecule has 1 N–H and O–H groups in total. The minimum Gasteiger partial charge on any atom is -0.392 e. The van der Waals surface area contributed by atoms with Crippen molar-refractivity contribution < 1.29 is 9.84 Å². The first-order chi connectivity index (χ1) is 9.20. The molecule has 1 aliphatic heterocycles. The molecule has 1 aliphatic carbocycles.